The minimum absolute atomic E-state index is 0.108. The predicted molar refractivity (Wildman–Crippen MR) is 77.7 cm³/mol. The van der Waals surface area contributed by atoms with Crippen molar-refractivity contribution >= 4 is 17.7 Å². The fourth-order valence-corrected chi connectivity index (χ4v) is 2.64. The second-order valence-corrected chi connectivity index (χ2v) is 5.47. The van der Waals surface area contributed by atoms with Crippen LogP contribution < -0.4 is 0 Å². The van der Waals surface area contributed by atoms with E-state index in [9.17, 15) is 4.79 Å². The van der Waals surface area contributed by atoms with Crippen molar-refractivity contribution in [3.05, 3.63) is 29.8 Å². The molecule has 1 fully saturated rings. The van der Waals surface area contributed by atoms with Crippen molar-refractivity contribution in [2.75, 3.05) is 45.6 Å². The van der Waals surface area contributed by atoms with Crippen LogP contribution in [0.2, 0.25) is 0 Å². The third-order valence-corrected chi connectivity index (χ3v) is 4.16. The highest BCUT2D eigenvalue weighted by Gasteiger charge is 2.21. The van der Waals surface area contributed by atoms with E-state index in [1.54, 1.807) is 11.8 Å². The van der Waals surface area contributed by atoms with Crippen molar-refractivity contribution in [3.63, 3.8) is 0 Å². The fourth-order valence-electron chi connectivity index (χ4n) is 2.23. The lowest BCUT2D eigenvalue weighted by molar-refractivity contribution is 0.0615. The van der Waals surface area contributed by atoms with Crippen LogP contribution in [0.1, 0.15) is 10.4 Å². The van der Waals surface area contributed by atoms with Gasteiger partial charge in [-0.1, -0.05) is 0 Å². The second kappa shape index (κ2) is 6.93. The van der Waals surface area contributed by atoms with Gasteiger partial charge in [-0.15, -0.1) is 11.8 Å². The number of amides is 1. The van der Waals surface area contributed by atoms with Crippen LogP contribution in [-0.2, 0) is 0 Å². The average Bonchev–Trinajstić information content (AvgIpc) is 2.48. The van der Waals surface area contributed by atoms with Gasteiger partial charge in [-0.05, 0) is 30.5 Å². The molecular formula is C14H20N2O2S. The Morgan fingerprint density at radius 2 is 1.84 bits per heavy atom. The fraction of sp³-hybridized carbons (Fsp3) is 0.500. The van der Waals surface area contributed by atoms with E-state index in [1.165, 1.54) is 4.90 Å². The third-order valence-electron chi connectivity index (χ3n) is 3.41. The van der Waals surface area contributed by atoms with E-state index in [0.717, 1.165) is 31.7 Å². The van der Waals surface area contributed by atoms with Crippen molar-refractivity contribution in [2.24, 2.45) is 0 Å². The molecule has 0 saturated carbocycles. The molecule has 1 amide bonds. The number of carbonyl (C=O) groups is 1. The van der Waals surface area contributed by atoms with E-state index in [0.29, 0.717) is 6.54 Å². The number of hydrogen-bond acceptors (Lipinski definition) is 4. The lowest BCUT2D eigenvalue weighted by Crippen LogP contribution is -2.49. The molecule has 0 aromatic heterocycles. The molecule has 1 N–H and O–H groups in total. The van der Waals surface area contributed by atoms with Gasteiger partial charge in [0.25, 0.3) is 5.91 Å². The maximum absolute atomic E-state index is 12.3. The molecule has 5 heteroatoms. The second-order valence-electron chi connectivity index (χ2n) is 4.59. The Labute approximate surface area is 118 Å². The smallest absolute Gasteiger partial charge is 0.253 e. The number of thioether (sulfide) groups is 1. The van der Waals surface area contributed by atoms with Crippen LogP contribution in [0.3, 0.4) is 0 Å². The van der Waals surface area contributed by atoms with Gasteiger partial charge in [-0.3, -0.25) is 9.69 Å². The SMILES string of the molecule is CSc1ccc(C(=O)N2CCN(CCO)CC2)cc1. The Hall–Kier alpha value is -1.04. The molecule has 19 heavy (non-hydrogen) atoms. The first-order valence-electron chi connectivity index (χ1n) is 6.51. The van der Waals surface area contributed by atoms with Crippen LogP contribution in [-0.4, -0.2) is 66.4 Å². The largest absolute Gasteiger partial charge is 0.395 e. The Balaban J connectivity index is 1.93. The molecule has 0 aliphatic carbocycles. The number of aliphatic hydroxyl groups excluding tert-OH is 1. The summed E-state index contributed by atoms with van der Waals surface area (Å²) in [5, 5.41) is 8.90. The highest BCUT2D eigenvalue weighted by atomic mass is 32.2. The minimum atomic E-state index is 0.108. The summed E-state index contributed by atoms with van der Waals surface area (Å²) >= 11 is 1.68. The van der Waals surface area contributed by atoms with Crippen LogP contribution in [0.4, 0.5) is 0 Å². The van der Waals surface area contributed by atoms with E-state index in [-0.39, 0.29) is 12.5 Å². The van der Waals surface area contributed by atoms with Crippen molar-refractivity contribution in [1.29, 1.82) is 0 Å². The first-order chi connectivity index (χ1) is 9.24. The van der Waals surface area contributed by atoms with Gasteiger partial charge < -0.3 is 10.0 Å². The van der Waals surface area contributed by atoms with Crippen molar-refractivity contribution in [2.45, 2.75) is 4.90 Å². The monoisotopic (exact) mass is 280 g/mol. The molecular weight excluding hydrogens is 260 g/mol. The molecule has 0 atom stereocenters. The van der Waals surface area contributed by atoms with Gasteiger partial charge in [0.2, 0.25) is 0 Å². The Morgan fingerprint density at radius 1 is 1.21 bits per heavy atom. The van der Waals surface area contributed by atoms with Crippen LogP contribution in [0, 0.1) is 0 Å². The number of hydrogen-bond donors (Lipinski definition) is 1. The zero-order chi connectivity index (χ0) is 13.7. The average molecular weight is 280 g/mol. The van der Waals surface area contributed by atoms with Crippen molar-refractivity contribution in [3.8, 4) is 0 Å². The maximum atomic E-state index is 12.3. The Morgan fingerprint density at radius 3 is 2.37 bits per heavy atom. The van der Waals surface area contributed by atoms with Crippen molar-refractivity contribution < 1.29 is 9.90 Å². The molecule has 1 aromatic rings. The summed E-state index contributed by atoms with van der Waals surface area (Å²) in [5.41, 5.74) is 0.758. The number of β-amino-alcohol motifs (C(OH)–C–C–N with tert-alkyl or cyclic N) is 1. The van der Waals surface area contributed by atoms with E-state index in [4.69, 9.17) is 5.11 Å². The summed E-state index contributed by atoms with van der Waals surface area (Å²) in [5.74, 6) is 0.108. The topological polar surface area (TPSA) is 43.8 Å². The molecule has 1 heterocycles. The van der Waals surface area contributed by atoms with Gasteiger partial charge in [0.15, 0.2) is 0 Å². The van der Waals surface area contributed by atoms with E-state index in [1.807, 2.05) is 35.4 Å². The lowest BCUT2D eigenvalue weighted by Gasteiger charge is -2.34. The van der Waals surface area contributed by atoms with Gasteiger partial charge in [-0.2, -0.15) is 0 Å². The van der Waals surface area contributed by atoms with E-state index >= 15 is 0 Å². The van der Waals surface area contributed by atoms with E-state index in [2.05, 4.69) is 4.90 Å². The highest BCUT2D eigenvalue weighted by Crippen LogP contribution is 2.16. The van der Waals surface area contributed by atoms with E-state index < -0.39 is 0 Å². The summed E-state index contributed by atoms with van der Waals surface area (Å²) in [7, 11) is 0. The lowest BCUT2D eigenvalue weighted by atomic mass is 10.2. The molecule has 104 valence electrons. The van der Waals surface area contributed by atoms with Gasteiger partial charge in [0, 0.05) is 43.2 Å². The molecule has 2 rings (SSSR count). The highest BCUT2D eigenvalue weighted by molar-refractivity contribution is 7.98. The molecule has 1 aromatic carbocycles. The van der Waals surface area contributed by atoms with Crippen LogP contribution in [0.15, 0.2) is 29.2 Å². The molecule has 0 bridgehead atoms. The number of piperazine rings is 1. The molecule has 4 nitrogen and oxygen atoms in total. The Kier molecular flexibility index (Phi) is 5.24. The van der Waals surface area contributed by atoms with Gasteiger partial charge in [-0.25, -0.2) is 0 Å². The quantitative estimate of drug-likeness (QED) is 0.841. The first kappa shape index (κ1) is 14.4. The minimum Gasteiger partial charge on any atom is -0.395 e. The van der Waals surface area contributed by atoms with Crippen LogP contribution >= 0.6 is 11.8 Å². The number of benzene rings is 1. The number of rotatable bonds is 4. The summed E-state index contributed by atoms with van der Waals surface area (Å²) in [6.45, 7) is 4.05. The zero-order valence-corrected chi connectivity index (χ0v) is 12.0. The summed E-state index contributed by atoms with van der Waals surface area (Å²) < 4.78 is 0. The van der Waals surface area contributed by atoms with Gasteiger partial charge in [0.05, 0.1) is 6.61 Å². The van der Waals surface area contributed by atoms with Crippen LogP contribution in [0.5, 0.6) is 0 Å². The Bertz CT molecular complexity index is 414. The summed E-state index contributed by atoms with van der Waals surface area (Å²) in [6, 6.07) is 7.77. The summed E-state index contributed by atoms with van der Waals surface area (Å²) in [6.07, 6.45) is 2.03. The maximum Gasteiger partial charge on any atom is 0.253 e. The standard InChI is InChI=1S/C14H20N2O2S/c1-19-13-4-2-12(3-5-13)14(18)16-8-6-15(7-9-16)10-11-17/h2-5,17H,6-11H2,1H3. The molecule has 0 unspecified atom stereocenters. The first-order valence-corrected chi connectivity index (χ1v) is 7.73. The third kappa shape index (κ3) is 3.72. The number of nitrogens with zero attached hydrogens (tertiary/aromatic N) is 2. The van der Waals surface area contributed by atoms with Crippen LogP contribution in [0.25, 0.3) is 0 Å². The van der Waals surface area contributed by atoms with Gasteiger partial charge >= 0.3 is 0 Å². The van der Waals surface area contributed by atoms with Crippen molar-refractivity contribution in [1.82, 2.24) is 9.80 Å². The number of aliphatic hydroxyl groups is 1. The molecule has 0 spiro atoms. The molecule has 1 aliphatic rings. The normalized spacial score (nSPS) is 16.6. The molecule has 1 aliphatic heterocycles. The zero-order valence-electron chi connectivity index (χ0n) is 11.2. The molecule has 1 saturated heterocycles. The molecule has 0 radical (unpaired) electrons. The summed E-state index contributed by atoms with van der Waals surface area (Å²) in [4.78, 5) is 17.6. The number of carbonyl (C=O) groups excluding carboxylic acids is 1. The predicted octanol–water partition coefficient (Wildman–Crippen LogP) is 1.16. The van der Waals surface area contributed by atoms with Gasteiger partial charge in [0.1, 0.15) is 0 Å².